The first kappa shape index (κ1) is 18.8. The van der Waals surface area contributed by atoms with E-state index < -0.39 is 5.97 Å². The smallest absolute Gasteiger partial charge is 0.303 e. The molecular formula is C21H23NO5. The number of carbonyl (C=O) groups is 2. The van der Waals surface area contributed by atoms with Crippen LogP contribution in [0.15, 0.2) is 48.5 Å². The van der Waals surface area contributed by atoms with Crippen molar-refractivity contribution in [3.63, 3.8) is 0 Å². The molecule has 0 saturated heterocycles. The summed E-state index contributed by atoms with van der Waals surface area (Å²) in [5.41, 5.74) is 1.50. The first-order valence-electron chi connectivity index (χ1n) is 9.08. The maximum absolute atomic E-state index is 13.1. The van der Waals surface area contributed by atoms with Crippen LogP contribution in [0.4, 0.5) is 0 Å². The molecule has 0 unspecified atom stereocenters. The van der Waals surface area contributed by atoms with Crippen molar-refractivity contribution in [2.45, 2.75) is 25.8 Å². The third-order valence-corrected chi connectivity index (χ3v) is 4.32. The topological polar surface area (TPSA) is 76.1 Å². The average molecular weight is 369 g/mol. The number of carboxylic acid groups (broad SMARTS) is 1. The van der Waals surface area contributed by atoms with Gasteiger partial charge in [0.2, 0.25) is 0 Å². The Labute approximate surface area is 158 Å². The number of amides is 1. The van der Waals surface area contributed by atoms with Crippen LogP contribution < -0.4 is 9.47 Å². The molecule has 0 bridgehead atoms. The van der Waals surface area contributed by atoms with Gasteiger partial charge in [-0.3, -0.25) is 9.59 Å². The van der Waals surface area contributed by atoms with Crippen LogP contribution >= 0.6 is 0 Å². The van der Waals surface area contributed by atoms with Gasteiger partial charge in [-0.15, -0.1) is 0 Å². The Hall–Kier alpha value is -3.02. The highest BCUT2D eigenvalue weighted by molar-refractivity contribution is 5.95. The number of nitrogens with zero attached hydrogens (tertiary/aromatic N) is 1. The summed E-state index contributed by atoms with van der Waals surface area (Å²) in [5, 5.41) is 8.90. The lowest BCUT2D eigenvalue weighted by Gasteiger charge is -2.23. The maximum Gasteiger partial charge on any atom is 0.303 e. The minimum Gasteiger partial charge on any atom is -0.490 e. The summed E-state index contributed by atoms with van der Waals surface area (Å²) < 4.78 is 11.3. The van der Waals surface area contributed by atoms with Crippen LogP contribution in [0.25, 0.3) is 0 Å². The second-order valence-electron chi connectivity index (χ2n) is 6.42. The number of carboxylic acids is 1. The Balaban J connectivity index is 1.78. The molecule has 1 aliphatic rings. The van der Waals surface area contributed by atoms with Crippen molar-refractivity contribution in [2.75, 3.05) is 19.8 Å². The zero-order valence-corrected chi connectivity index (χ0v) is 15.1. The van der Waals surface area contributed by atoms with E-state index in [1.54, 1.807) is 23.1 Å². The Kier molecular flexibility index (Phi) is 6.30. The van der Waals surface area contributed by atoms with Gasteiger partial charge < -0.3 is 19.5 Å². The molecule has 27 heavy (non-hydrogen) atoms. The fourth-order valence-corrected chi connectivity index (χ4v) is 2.96. The van der Waals surface area contributed by atoms with Crippen molar-refractivity contribution in [1.29, 1.82) is 0 Å². The molecule has 2 aromatic rings. The predicted octanol–water partition coefficient (Wildman–Crippen LogP) is 3.36. The molecule has 1 heterocycles. The van der Waals surface area contributed by atoms with E-state index in [2.05, 4.69) is 0 Å². The van der Waals surface area contributed by atoms with Gasteiger partial charge in [0.1, 0.15) is 0 Å². The SMILES string of the molecule is O=C(O)CCCN(Cc1ccccc1)C(=O)c1ccc2c(c1)OCCCO2. The summed E-state index contributed by atoms with van der Waals surface area (Å²) >= 11 is 0. The van der Waals surface area contributed by atoms with Gasteiger partial charge in [-0.1, -0.05) is 30.3 Å². The molecule has 0 aromatic heterocycles. The maximum atomic E-state index is 13.1. The predicted molar refractivity (Wildman–Crippen MR) is 100 cm³/mol. The number of hydrogen-bond acceptors (Lipinski definition) is 4. The summed E-state index contributed by atoms with van der Waals surface area (Å²) in [6.07, 6.45) is 1.23. The van der Waals surface area contributed by atoms with Crippen LogP contribution in [0, 0.1) is 0 Å². The van der Waals surface area contributed by atoms with Gasteiger partial charge in [-0.2, -0.15) is 0 Å². The van der Waals surface area contributed by atoms with E-state index in [1.165, 1.54) is 0 Å². The first-order valence-corrected chi connectivity index (χ1v) is 9.08. The van der Waals surface area contributed by atoms with E-state index in [0.29, 0.717) is 49.8 Å². The van der Waals surface area contributed by atoms with Gasteiger partial charge in [-0.05, 0) is 30.2 Å². The highest BCUT2D eigenvalue weighted by atomic mass is 16.5. The zero-order valence-electron chi connectivity index (χ0n) is 15.1. The number of ether oxygens (including phenoxy) is 2. The van der Waals surface area contributed by atoms with Gasteiger partial charge >= 0.3 is 5.97 Å². The lowest BCUT2D eigenvalue weighted by Crippen LogP contribution is -2.31. The molecule has 6 nitrogen and oxygen atoms in total. The summed E-state index contributed by atoms with van der Waals surface area (Å²) in [4.78, 5) is 25.6. The Morgan fingerprint density at radius 2 is 1.74 bits per heavy atom. The molecular weight excluding hydrogens is 346 g/mol. The Morgan fingerprint density at radius 3 is 2.48 bits per heavy atom. The van der Waals surface area contributed by atoms with Gasteiger partial charge in [-0.25, -0.2) is 0 Å². The molecule has 0 atom stereocenters. The molecule has 1 aliphatic heterocycles. The number of hydrogen-bond donors (Lipinski definition) is 1. The molecule has 0 radical (unpaired) electrons. The Morgan fingerprint density at radius 1 is 1.00 bits per heavy atom. The second kappa shape index (κ2) is 9.07. The van der Waals surface area contributed by atoms with E-state index in [0.717, 1.165) is 12.0 Å². The lowest BCUT2D eigenvalue weighted by molar-refractivity contribution is -0.137. The third-order valence-electron chi connectivity index (χ3n) is 4.32. The van der Waals surface area contributed by atoms with E-state index in [-0.39, 0.29) is 12.3 Å². The number of fused-ring (bicyclic) bond motifs is 1. The average Bonchev–Trinajstić information content (AvgIpc) is 2.92. The van der Waals surface area contributed by atoms with E-state index >= 15 is 0 Å². The molecule has 142 valence electrons. The van der Waals surface area contributed by atoms with E-state index in [4.69, 9.17) is 14.6 Å². The molecule has 3 rings (SSSR count). The molecule has 1 amide bonds. The molecule has 2 aromatic carbocycles. The van der Waals surface area contributed by atoms with E-state index in [1.807, 2.05) is 30.3 Å². The quantitative estimate of drug-likeness (QED) is 0.810. The van der Waals surface area contributed by atoms with Gasteiger partial charge in [0.05, 0.1) is 13.2 Å². The second-order valence-corrected chi connectivity index (χ2v) is 6.42. The van der Waals surface area contributed by atoms with Crippen molar-refractivity contribution in [3.05, 3.63) is 59.7 Å². The minimum atomic E-state index is -0.863. The number of benzene rings is 2. The summed E-state index contributed by atoms with van der Waals surface area (Å²) in [7, 11) is 0. The monoisotopic (exact) mass is 369 g/mol. The highest BCUT2D eigenvalue weighted by Crippen LogP contribution is 2.31. The third kappa shape index (κ3) is 5.23. The van der Waals surface area contributed by atoms with Crippen molar-refractivity contribution in [3.8, 4) is 11.5 Å². The number of carbonyl (C=O) groups excluding carboxylic acids is 1. The van der Waals surface area contributed by atoms with Crippen LogP contribution in [0.3, 0.4) is 0 Å². The summed E-state index contributed by atoms with van der Waals surface area (Å²) in [5.74, 6) is 0.200. The fourth-order valence-electron chi connectivity index (χ4n) is 2.96. The summed E-state index contributed by atoms with van der Waals surface area (Å²) in [6.45, 7) is 1.94. The lowest BCUT2D eigenvalue weighted by atomic mass is 10.1. The van der Waals surface area contributed by atoms with Crippen LogP contribution in [0.1, 0.15) is 35.2 Å². The van der Waals surface area contributed by atoms with Gasteiger partial charge in [0.25, 0.3) is 5.91 Å². The molecule has 6 heteroatoms. The minimum absolute atomic E-state index is 0.0275. The fraction of sp³-hybridized carbons (Fsp3) is 0.333. The highest BCUT2D eigenvalue weighted by Gasteiger charge is 2.19. The molecule has 1 N–H and O–H groups in total. The van der Waals surface area contributed by atoms with Crippen molar-refractivity contribution < 1.29 is 24.2 Å². The van der Waals surface area contributed by atoms with Crippen molar-refractivity contribution in [1.82, 2.24) is 4.90 Å². The Bertz CT molecular complexity index is 790. The van der Waals surface area contributed by atoms with Crippen LogP contribution in [0.5, 0.6) is 11.5 Å². The number of aliphatic carboxylic acids is 1. The largest absolute Gasteiger partial charge is 0.490 e. The van der Waals surface area contributed by atoms with Crippen molar-refractivity contribution in [2.24, 2.45) is 0 Å². The van der Waals surface area contributed by atoms with Crippen LogP contribution in [-0.4, -0.2) is 41.6 Å². The van der Waals surface area contributed by atoms with Crippen LogP contribution in [0.2, 0.25) is 0 Å². The van der Waals surface area contributed by atoms with E-state index in [9.17, 15) is 9.59 Å². The van der Waals surface area contributed by atoms with Gasteiger partial charge in [0.15, 0.2) is 11.5 Å². The standard InChI is InChI=1S/C21H23NO5/c23-20(24)8-4-11-22(15-16-6-2-1-3-7-16)21(25)17-9-10-18-19(14-17)27-13-5-12-26-18/h1-3,6-7,9-10,14H,4-5,8,11-13,15H2,(H,23,24). The van der Waals surface area contributed by atoms with Crippen molar-refractivity contribution >= 4 is 11.9 Å². The zero-order chi connectivity index (χ0) is 19.1. The van der Waals surface area contributed by atoms with Gasteiger partial charge in [0, 0.05) is 31.5 Å². The molecule has 0 saturated carbocycles. The molecule has 0 aliphatic carbocycles. The summed E-state index contributed by atoms with van der Waals surface area (Å²) in [6, 6.07) is 14.8. The number of rotatable bonds is 7. The first-order chi connectivity index (χ1) is 13.1. The van der Waals surface area contributed by atoms with Crippen LogP contribution in [-0.2, 0) is 11.3 Å². The molecule has 0 spiro atoms. The molecule has 0 fully saturated rings. The normalized spacial score (nSPS) is 12.9.